The molecule has 4 saturated carbocycles. The first-order valence-electron chi connectivity index (χ1n) is 17.3. The van der Waals surface area contributed by atoms with E-state index in [2.05, 4.69) is 45.2 Å². The number of carbonyl (C=O) groups is 1. The summed E-state index contributed by atoms with van der Waals surface area (Å²) >= 11 is 0. The molecule has 0 heterocycles. The van der Waals surface area contributed by atoms with E-state index in [0.717, 1.165) is 49.5 Å². The third kappa shape index (κ3) is 4.63. The van der Waals surface area contributed by atoms with Gasteiger partial charge in [0.05, 0.1) is 11.5 Å². The van der Waals surface area contributed by atoms with Gasteiger partial charge in [0, 0.05) is 5.54 Å². The van der Waals surface area contributed by atoms with E-state index in [0.29, 0.717) is 34.1 Å². The van der Waals surface area contributed by atoms with Gasteiger partial charge in [-0.3, -0.25) is 4.79 Å². The van der Waals surface area contributed by atoms with Gasteiger partial charge < -0.3 is 15.5 Å². The predicted octanol–water partition coefficient (Wildman–Crippen LogP) is 8.30. The Hall–Kier alpha value is -1.13. The van der Waals surface area contributed by atoms with Gasteiger partial charge in [-0.15, -0.1) is 0 Å². The van der Waals surface area contributed by atoms with Crippen LogP contribution in [0, 0.1) is 51.8 Å². The quantitative estimate of drug-likeness (QED) is 0.303. The van der Waals surface area contributed by atoms with Crippen LogP contribution in [0.2, 0.25) is 0 Å². The molecule has 0 aromatic rings. The van der Waals surface area contributed by atoms with Crippen LogP contribution in [0.1, 0.15) is 131 Å². The smallest absolute Gasteiger partial charge is 0.306 e. The van der Waals surface area contributed by atoms with E-state index in [4.69, 9.17) is 0 Å². The molecule has 0 saturated heterocycles. The third-order valence-corrected chi connectivity index (χ3v) is 14.9. The molecule has 10 atom stereocenters. The summed E-state index contributed by atoms with van der Waals surface area (Å²) in [6.07, 6.45) is 21.6. The van der Waals surface area contributed by atoms with E-state index in [1.807, 2.05) is 13.8 Å². The van der Waals surface area contributed by atoms with E-state index >= 15 is 0 Å². The lowest BCUT2D eigenvalue weighted by molar-refractivity contribution is -0.212. The van der Waals surface area contributed by atoms with Gasteiger partial charge in [0.2, 0.25) is 0 Å². The Morgan fingerprint density at radius 3 is 2.41 bits per heavy atom. The van der Waals surface area contributed by atoms with Crippen molar-refractivity contribution in [2.45, 2.75) is 143 Å². The number of aliphatic hydroxyl groups is 1. The van der Waals surface area contributed by atoms with Crippen molar-refractivity contribution in [3.8, 4) is 0 Å². The number of rotatable bonds is 6. The predicted molar refractivity (Wildman–Crippen MR) is 166 cm³/mol. The van der Waals surface area contributed by atoms with Crippen molar-refractivity contribution in [2.24, 2.45) is 51.8 Å². The van der Waals surface area contributed by atoms with Gasteiger partial charge in [-0.25, -0.2) is 0 Å². The van der Waals surface area contributed by atoms with Crippen LogP contribution in [-0.2, 0) is 4.79 Å². The molecule has 230 valence electrons. The summed E-state index contributed by atoms with van der Waals surface area (Å²) in [7, 11) is 0. The molecule has 4 heteroatoms. The molecule has 0 bridgehead atoms. The Balaban J connectivity index is 1.23. The maximum Gasteiger partial charge on any atom is 0.306 e. The fourth-order valence-corrected chi connectivity index (χ4v) is 12.5. The Kier molecular flexibility index (Phi) is 7.46. The van der Waals surface area contributed by atoms with Gasteiger partial charge in [-0.1, -0.05) is 46.3 Å². The molecule has 0 amide bonds. The zero-order valence-electron chi connectivity index (χ0n) is 27.0. The Labute approximate surface area is 250 Å². The Bertz CT molecular complexity index is 1100. The lowest BCUT2D eigenvalue weighted by Crippen LogP contribution is -2.67. The van der Waals surface area contributed by atoms with Gasteiger partial charge >= 0.3 is 5.97 Å². The highest BCUT2D eigenvalue weighted by molar-refractivity contribution is 5.70. The summed E-state index contributed by atoms with van der Waals surface area (Å²) in [6, 6.07) is 0. The second-order valence-corrected chi connectivity index (χ2v) is 17.1. The standard InChI is InChI=1S/C37H59NO3/c1-24-27(25-9-11-26(12-10-25)32(39)40)15-18-34(4)28(24)16-19-36(6)31(34)14-13-29-30-8-7-17-37(30,21-20-35(29,36)5)38-23-22-33(2,3)41/h9,15,24,26,28-31,38,41H,7-8,10-14,16-23H2,1-6H3,(H,39,40)/t24?,26?,28?,29?,30?,31?,34-,35+,36+,37?/m0/s1. The molecule has 3 N–H and O–H groups in total. The molecular weight excluding hydrogens is 506 g/mol. The number of carboxylic acids is 1. The molecule has 0 aliphatic heterocycles. The average molecular weight is 566 g/mol. The van der Waals surface area contributed by atoms with E-state index in [1.165, 1.54) is 69.8 Å². The number of carboxylic acid groups (broad SMARTS) is 1. The van der Waals surface area contributed by atoms with Crippen molar-refractivity contribution in [1.29, 1.82) is 0 Å². The van der Waals surface area contributed by atoms with Gasteiger partial charge in [-0.05, 0) is 161 Å². The lowest BCUT2D eigenvalue weighted by atomic mass is 9.34. The molecule has 4 nitrogen and oxygen atoms in total. The maximum atomic E-state index is 11.5. The first-order chi connectivity index (χ1) is 19.2. The Morgan fingerprint density at radius 2 is 1.73 bits per heavy atom. The van der Waals surface area contributed by atoms with Crippen LogP contribution in [0.3, 0.4) is 0 Å². The molecule has 4 fully saturated rings. The zero-order chi connectivity index (χ0) is 29.4. The number of aliphatic carboxylic acids is 1. The molecule has 6 rings (SSSR count). The van der Waals surface area contributed by atoms with Gasteiger partial charge in [0.15, 0.2) is 0 Å². The molecule has 41 heavy (non-hydrogen) atoms. The molecule has 7 unspecified atom stereocenters. The van der Waals surface area contributed by atoms with Crippen LogP contribution in [0.15, 0.2) is 23.3 Å². The SMILES string of the molecule is CC1C(C2=CCC(C(=O)O)CC2)=CC[C@@]2(C)C1CC[C@]1(C)C2CCC2C3CCCC3(NCCC(C)(C)O)CC[C@]21C. The van der Waals surface area contributed by atoms with Crippen LogP contribution in [0.4, 0.5) is 0 Å². The number of fused-ring (bicyclic) bond motifs is 7. The van der Waals surface area contributed by atoms with Crippen molar-refractivity contribution < 1.29 is 15.0 Å². The lowest BCUT2D eigenvalue weighted by Gasteiger charge is -2.71. The number of nitrogens with one attached hydrogen (secondary N) is 1. The van der Waals surface area contributed by atoms with Gasteiger partial charge in [0.25, 0.3) is 0 Å². The third-order valence-electron chi connectivity index (χ3n) is 14.9. The van der Waals surface area contributed by atoms with Crippen molar-refractivity contribution in [2.75, 3.05) is 6.54 Å². The van der Waals surface area contributed by atoms with Crippen LogP contribution in [-0.4, -0.2) is 33.9 Å². The van der Waals surface area contributed by atoms with Crippen molar-refractivity contribution in [3.63, 3.8) is 0 Å². The zero-order valence-corrected chi connectivity index (χ0v) is 27.0. The first kappa shape index (κ1) is 29.9. The summed E-state index contributed by atoms with van der Waals surface area (Å²) in [5.74, 6) is 2.87. The Morgan fingerprint density at radius 1 is 0.951 bits per heavy atom. The van der Waals surface area contributed by atoms with E-state index in [9.17, 15) is 15.0 Å². The minimum atomic E-state index is -0.628. The van der Waals surface area contributed by atoms with E-state index < -0.39 is 11.6 Å². The molecule has 0 spiro atoms. The monoisotopic (exact) mass is 565 g/mol. The molecule has 0 aromatic carbocycles. The van der Waals surface area contributed by atoms with Crippen LogP contribution >= 0.6 is 0 Å². The average Bonchev–Trinajstić information content (AvgIpc) is 3.32. The van der Waals surface area contributed by atoms with Gasteiger partial charge in [0.1, 0.15) is 0 Å². The van der Waals surface area contributed by atoms with Crippen LogP contribution < -0.4 is 5.32 Å². The van der Waals surface area contributed by atoms with Crippen molar-refractivity contribution >= 4 is 5.97 Å². The number of hydrogen-bond acceptors (Lipinski definition) is 3. The highest BCUT2D eigenvalue weighted by atomic mass is 16.4. The normalized spacial score (nSPS) is 47.8. The minimum Gasteiger partial charge on any atom is -0.481 e. The topological polar surface area (TPSA) is 69.6 Å². The highest BCUT2D eigenvalue weighted by Crippen LogP contribution is 2.75. The summed E-state index contributed by atoms with van der Waals surface area (Å²) in [4.78, 5) is 11.5. The largest absolute Gasteiger partial charge is 0.481 e. The maximum absolute atomic E-state index is 11.5. The molecular formula is C37H59NO3. The fourth-order valence-electron chi connectivity index (χ4n) is 12.5. The van der Waals surface area contributed by atoms with Crippen molar-refractivity contribution in [1.82, 2.24) is 5.32 Å². The summed E-state index contributed by atoms with van der Waals surface area (Å²) < 4.78 is 0. The van der Waals surface area contributed by atoms with E-state index in [-0.39, 0.29) is 5.92 Å². The summed E-state index contributed by atoms with van der Waals surface area (Å²) in [5.41, 5.74) is 3.88. The van der Waals surface area contributed by atoms with Gasteiger partial charge in [-0.2, -0.15) is 0 Å². The molecule has 6 aliphatic carbocycles. The van der Waals surface area contributed by atoms with E-state index in [1.54, 1.807) is 5.57 Å². The first-order valence-corrected chi connectivity index (χ1v) is 17.3. The number of allylic oxidation sites excluding steroid dienone is 4. The minimum absolute atomic E-state index is 0.194. The number of hydrogen-bond donors (Lipinski definition) is 3. The highest BCUT2D eigenvalue weighted by Gasteiger charge is 2.68. The van der Waals surface area contributed by atoms with Crippen LogP contribution in [0.25, 0.3) is 0 Å². The van der Waals surface area contributed by atoms with Crippen molar-refractivity contribution in [3.05, 3.63) is 23.3 Å². The molecule has 6 aliphatic rings. The fraction of sp³-hybridized carbons (Fsp3) is 0.865. The molecule has 0 radical (unpaired) electrons. The van der Waals surface area contributed by atoms with Crippen LogP contribution in [0.5, 0.6) is 0 Å². The second-order valence-electron chi connectivity index (χ2n) is 17.1. The second kappa shape index (κ2) is 10.2. The summed E-state index contributed by atoms with van der Waals surface area (Å²) in [6.45, 7) is 15.5. The molecule has 0 aromatic heterocycles. The summed E-state index contributed by atoms with van der Waals surface area (Å²) in [5, 5.41) is 23.9.